The summed E-state index contributed by atoms with van der Waals surface area (Å²) in [6, 6.07) is 3.61. The number of halogens is 1. The first kappa shape index (κ1) is 10.5. The van der Waals surface area contributed by atoms with Crippen molar-refractivity contribution in [2.45, 2.75) is 6.42 Å². The van der Waals surface area contributed by atoms with Crippen molar-refractivity contribution in [1.29, 1.82) is 0 Å². The molecule has 0 aromatic heterocycles. The van der Waals surface area contributed by atoms with Crippen LogP contribution in [0.5, 0.6) is 0 Å². The molecule has 0 fully saturated rings. The number of carboxylic acid groups (broad SMARTS) is 1. The number of rotatable bonds is 3. The fraction of sp³-hybridized carbons (Fsp3) is 0.125. The van der Waals surface area contributed by atoms with Crippen LogP contribution in [0.1, 0.15) is 5.56 Å². The molecule has 0 aliphatic heterocycles. The van der Waals surface area contributed by atoms with Crippen molar-refractivity contribution in [3.05, 3.63) is 38.9 Å². The van der Waals surface area contributed by atoms with Gasteiger partial charge in [0.15, 0.2) is 0 Å². The van der Waals surface area contributed by atoms with Gasteiger partial charge in [-0.15, -0.1) is 0 Å². The molecule has 6 heteroatoms. The molecule has 5 nitrogen and oxygen atoms in total. The molecule has 0 radical (unpaired) electrons. The molecule has 0 aliphatic rings. The Hall–Kier alpha value is -1.62. The van der Waals surface area contributed by atoms with E-state index < -0.39 is 10.9 Å². The number of carboxylic acids is 1. The average molecular weight is 215 g/mol. The van der Waals surface area contributed by atoms with E-state index in [2.05, 4.69) is 0 Å². The van der Waals surface area contributed by atoms with Crippen LogP contribution in [-0.2, 0) is 11.2 Å². The van der Waals surface area contributed by atoms with Crippen molar-refractivity contribution >= 4 is 23.3 Å². The van der Waals surface area contributed by atoms with Crippen molar-refractivity contribution < 1.29 is 14.8 Å². The van der Waals surface area contributed by atoms with Crippen LogP contribution in [0.4, 0.5) is 5.69 Å². The lowest BCUT2D eigenvalue weighted by molar-refractivity contribution is -0.384. The van der Waals surface area contributed by atoms with E-state index in [1.807, 2.05) is 0 Å². The van der Waals surface area contributed by atoms with Gasteiger partial charge in [0, 0.05) is 24.5 Å². The lowest BCUT2D eigenvalue weighted by Crippen LogP contribution is -2.24. The van der Waals surface area contributed by atoms with Crippen molar-refractivity contribution in [3.8, 4) is 0 Å². The molecule has 0 saturated carbocycles. The Morgan fingerprint density at radius 1 is 1.50 bits per heavy atom. The highest BCUT2D eigenvalue weighted by Gasteiger charge is 2.08. The van der Waals surface area contributed by atoms with E-state index in [-0.39, 0.29) is 17.1 Å². The second-order valence-electron chi connectivity index (χ2n) is 2.58. The number of nitro groups is 1. The number of nitrogens with zero attached hydrogens (tertiary/aromatic N) is 1. The Bertz CT molecular complexity index is 391. The number of nitro benzene ring substituents is 1. The molecule has 0 N–H and O–H groups in total. The molecule has 1 aromatic carbocycles. The van der Waals surface area contributed by atoms with Crippen molar-refractivity contribution in [2.75, 3.05) is 0 Å². The van der Waals surface area contributed by atoms with Crippen LogP contribution in [0.2, 0.25) is 5.02 Å². The molecule has 0 bridgehead atoms. The zero-order valence-corrected chi connectivity index (χ0v) is 7.65. The summed E-state index contributed by atoms with van der Waals surface area (Å²) in [6.45, 7) is 0. The summed E-state index contributed by atoms with van der Waals surface area (Å²) in [5, 5.41) is 20.6. The maximum Gasteiger partial charge on any atom is 0.270 e. The zero-order valence-electron chi connectivity index (χ0n) is 6.90. The minimum Gasteiger partial charge on any atom is -0.550 e. The number of benzene rings is 1. The molecule has 0 aliphatic carbocycles. The van der Waals surface area contributed by atoms with Gasteiger partial charge >= 0.3 is 0 Å². The maximum absolute atomic E-state index is 10.3. The molecule has 0 heterocycles. The van der Waals surface area contributed by atoms with E-state index in [0.29, 0.717) is 5.56 Å². The standard InChI is InChI=1S/C8H6ClNO4/c9-7-4-6(10(13)14)2-1-5(7)3-8(11)12/h1-2,4H,3H2,(H,11,12)/p-1. The molecule has 0 saturated heterocycles. The van der Waals surface area contributed by atoms with Gasteiger partial charge in [-0.3, -0.25) is 10.1 Å². The summed E-state index contributed by atoms with van der Waals surface area (Å²) in [4.78, 5) is 19.9. The summed E-state index contributed by atoms with van der Waals surface area (Å²) < 4.78 is 0. The second-order valence-corrected chi connectivity index (χ2v) is 2.99. The third-order valence-electron chi connectivity index (χ3n) is 1.58. The van der Waals surface area contributed by atoms with Crippen molar-refractivity contribution in [3.63, 3.8) is 0 Å². The van der Waals surface area contributed by atoms with Crippen LogP contribution in [0.3, 0.4) is 0 Å². The minimum atomic E-state index is -1.28. The van der Waals surface area contributed by atoms with Crippen LogP contribution in [0.15, 0.2) is 18.2 Å². The molecule has 0 atom stereocenters. The van der Waals surface area contributed by atoms with Gasteiger partial charge in [-0.05, 0) is 5.56 Å². The number of carbonyl (C=O) groups excluding carboxylic acids is 1. The molecule has 74 valence electrons. The molecule has 0 unspecified atom stereocenters. The fourth-order valence-electron chi connectivity index (χ4n) is 0.949. The van der Waals surface area contributed by atoms with Gasteiger partial charge in [0.2, 0.25) is 0 Å². The largest absolute Gasteiger partial charge is 0.550 e. The van der Waals surface area contributed by atoms with Gasteiger partial charge in [0.25, 0.3) is 5.69 Å². The highest BCUT2D eigenvalue weighted by Crippen LogP contribution is 2.22. The van der Waals surface area contributed by atoms with Crippen LogP contribution >= 0.6 is 11.6 Å². The Morgan fingerprint density at radius 3 is 2.57 bits per heavy atom. The van der Waals surface area contributed by atoms with Gasteiger partial charge < -0.3 is 9.90 Å². The van der Waals surface area contributed by atoms with Gasteiger partial charge in [0.05, 0.1) is 9.95 Å². The predicted molar refractivity (Wildman–Crippen MR) is 46.8 cm³/mol. The molecular formula is C8H5ClNO4-. The minimum absolute atomic E-state index is 0.0587. The van der Waals surface area contributed by atoms with E-state index in [1.54, 1.807) is 0 Å². The van der Waals surface area contributed by atoms with Gasteiger partial charge in [-0.2, -0.15) is 0 Å². The Kier molecular flexibility index (Phi) is 3.03. The van der Waals surface area contributed by atoms with E-state index >= 15 is 0 Å². The normalized spacial score (nSPS) is 9.79. The van der Waals surface area contributed by atoms with E-state index in [4.69, 9.17) is 11.6 Å². The summed E-state index contributed by atoms with van der Waals surface area (Å²) in [6.07, 6.45) is -0.350. The topological polar surface area (TPSA) is 83.3 Å². The maximum atomic E-state index is 10.3. The van der Waals surface area contributed by atoms with Crippen LogP contribution in [0.25, 0.3) is 0 Å². The lowest BCUT2D eigenvalue weighted by Gasteiger charge is -2.04. The first-order valence-corrected chi connectivity index (χ1v) is 4.01. The van der Waals surface area contributed by atoms with E-state index in [0.717, 1.165) is 6.07 Å². The van der Waals surface area contributed by atoms with Crippen LogP contribution in [-0.4, -0.2) is 10.9 Å². The smallest absolute Gasteiger partial charge is 0.270 e. The van der Waals surface area contributed by atoms with E-state index in [1.165, 1.54) is 12.1 Å². The number of carbonyl (C=O) groups is 1. The van der Waals surface area contributed by atoms with Gasteiger partial charge in [-0.1, -0.05) is 17.7 Å². The molecule has 1 rings (SSSR count). The quantitative estimate of drug-likeness (QED) is 0.543. The molecule has 0 amide bonds. The summed E-state index contributed by atoms with van der Waals surface area (Å²) >= 11 is 5.62. The third kappa shape index (κ3) is 2.43. The average Bonchev–Trinajstić information content (AvgIpc) is 2.07. The monoisotopic (exact) mass is 214 g/mol. The predicted octanol–water partition coefficient (Wildman–Crippen LogP) is 0.541. The molecular weight excluding hydrogens is 210 g/mol. The Labute approximate surface area is 84.1 Å². The zero-order chi connectivity index (χ0) is 10.7. The van der Waals surface area contributed by atoms with Gasteiger partial charge in [-0.25, -0.2) is 0 Å². The first-order chi connectivity index (χ1) is 6.50. The second kappa shape index (κ2) is 4.06. The summed E-state index contributed by atoms with van der Waals surface area (Å²) in [5.74, 6) is -1.28. The third-order valence-corrected chi connectivity index (χ3v) is 1.93. The Balaban J connectivity index is 3.01. The van der Waals surface area contributed by atoms with Crippen LogP contribution in [0, 0.1) is 10.1 Å². The highest BCUT2D eigenvalue weighted by atomic mass is 35.5. The fourth-order valence-corrected chi connectivity index (χ4v) is 1.19. The number of hydrogen-bond acceptors (Lipinski definition) is 4. The first-order valence-electron chi connectivity index (χ1n) is 3.63. The summed E-state index contributed by atoms with van der Waals surface area (Å²) in [5.41, 5.74) is 0.134. The number of non-ortho nitro benzene ring substituents is 1. The number of hydrogen-bond donors (Lipinski definition) is 0. The van der Waals surface area contributed by atoms with Crippen molar-refractivity contribution in [2.24, 2.45) is 0 Å². The summed E-state index contributed by atoms with van der Waals surface area (Å²) in [7, 11) is 0. The van der Waals surface area contributed by atoms with Gasteiger partial charge in [0.1, 0.15) is 0 Å². The highest BCUT2D eigenvalue weighted by molar-refractivity contribution is 6.31. The molecule has 1 aromatic rings. The SMILES string of the molecule is O=C([O-])Cc1ccc([N+](=O)[O-])cc1Cl. The van der Waals surface area contributed by atoms with E-state index in [9.17, 15) is 20.0 Å². The number of aliphatic carboxylic acids is 1. The Morgan fingerprint density at radius 2 is 2.14 bits per heavy atom. The molecule has 0 spiro atoms. The van der Waals surface area contributed by atoms with Crippen LogP contribution < -0.4 is 5.11 Å². The lowest BCUT2D eigenvalue weighted by atomic mass is 10.1. The van der Waals surface area contributed by atoms with Crippen molar-refractivity contribution in [1.82, 2.24) is 0 Å². The molecule has 14 heavy (non-hydrogen) atoms.